The maximum Gasteiger partial charge on any atom is 0.258 e. The van der Waals surface area contributed by atoms with E-state index in [1.54, 1.807) is 13.2 Å². The number of nitrogens with one attached hydrogen (secondary N) is 2. The molecule has 0 aliphatic heterocycles. The summed E-state index contributed by atoms with van der Waals surface area (Å²) in [7, 11) is 1.56. The molecule has 3 rings (SSSR count). The third kappa shape index (κ3) is 4.40. The van der Waals surface area contributed by atoms with Crippen molar-refractivity contribution in [3.05, 3.63) is 70.5 Å². The lowest BCUT2D eigenvalue weighted by Gasteiger charge is -2.12. The predicted molar refractivity (Wildman–Crippen MR) is 112 cm³/mol. The molecule has 0 atom stereocenters. The van der Waals surface area contributed by atoms with Crippen LogP contribution in [-0.2, 0) is 6.42 Å². The van der Waals surface area contributed by atoms with Crippen molar-refractivity contribution in [1.29, 1.82) is 0 Å². The Morgan fingerprint density at radius 3 is 2.54 bits per heavy atom. The SMILES string of the molecule is CCc1ccccc1NC(=O)c1cnc(Nc2cc(C)c(Cl)cc2OC)nc1. The molecule has 0 bridgehead atoms. The highest BCUT2D eigenvalue weighted by Gasteiger charge is 2.12. The van der Waals surface area contributed by atoms with Gasteiger partial charge >= 0.3 is 0 Å². The molecule has 7 heteroatoms. The number of anilines is 3. The van der Waals surface area contributed by atoms with Crippen LogP contribution in [0.2, 0.25) is 5.02 Å². The van der Waals surface area contributed by atoms with Gasteiger partial charge in [0.15, 0.2) is 0 Å². The number of halogens is 1. The molecule has 0 aliphatic carbocycles. The number of hydrogen-bond acceptors (Lipinski definition) is 5. The Kier molecular flexibility index (Phi) is 6.11. The fraction of sp³-hybridized carbons (Fsp3) is 0.190. The summed E-state index contributed by atoms with van der Waals surface area (Å²) in [5.74, 6) is 0.676. The Morgan fingerprint density at radius 2 is 1.86 bits per heavy atom. The molecule has 144 valence electrons. The molecule has 2 N–H and O–H groups in total. The third-order valence-corrected chi connectivity index (χ3v) is 4.69. The smallest absolute Gasteiger partial charge is 0.258 e. The van der Waals surface area contributed by atoms with Crippen molar-refractivity contribution in [2.24, 2.45) is 0 Å². The molecule has 0 unspecified atom stereocenters. The second-order valence-electron chi connectivity index (χ2n) is 6.19. The van der Waals surface area contributed by atoms with Crippen LogP contribution in [-0.4, -0.2) is 23.0 Å². The lowest BCUT2D eigenvalue weighted by Crippen LogP contribution is -2.14. The van der Waals surface area contributed by atoms with Gasteiger partial charge in [0.1, 0.15) is 5.75 Å². The number of benzene rings is 2. The number of aryl methyl sites for hydroxylation is 2. The Hall–Kier alpha value is -3.12. The highest BCUT2D eigenvalue weighted by molar-refractivity contribution is 6.31. The normalized spacial score (nSPS) is 10.4. The maximum absolute atomic E-state index is 12.5. The summed E-state index contributed by atoms with van der Waals surface area (Å²) >= 11 is 6.13. The quantitative estimate of drug-likeness (QED) is 0.612. The largest absolute Gasteiger partial charge is 0.495 e. The Balaban J connectivity index is 1.75. The summed E-state index contributed by atoms with van der Waals surface area (Å²) < 4.78 is 5.34. The van der Waals surface area contributed by atoms with E-state index in [0.29, 0.717) is 28.0 Å². The van der Waals surface area contributed by atoms with Gasteiger partial charge in [-0.15, -0.1) is 0 Å². The minimum Gasteiger partial charge on any atom is -0.495 e. The highest BCUT2D eigenvalue weighted by atomic mass is 35.5. The highest BCUT2D eigenvalue weighted by Crippen LogP contribution is 2.32. The number of hydrogen-bond donors (Lipinski definition) is 2. The van der Waals surface area contributed by atoms with Crippen molar-refractivity contribution in [3.63, 3.8) is 0 Å². The number of amides is 1. The van der Waals surface area contributed by atoms with E-state index < -0.39 is 0 Å². The fourth-order valence-corrected chi connectivity index (χ4v) is 2.86. The van der Waals surface area contributed by atoms with Crippen molar-refractivity contribution in [1.82, 2.24) is 9.97 Å². The summed E-state index contributed by atoms with van der Waals surface area (Å²) in [6.45, 7) is 3.94. The lowest BCUT2D eigenvalue weighted by molar-refractivity contribution is 0.102. The molecule has 0 saturated carbocycles. The first kappa shape index (κ1) is 19.6. The topological polar surface area (TPSA) is 76.1 Å². The van der Waals surface area contributed by atoms with Gasteiger partial charge < -0.3 is 15.4 Å². The van der Waals surface area contributed by atoms with Gasteiger partial charge in [0, 0.05) is 29.2 Å². The van der Waals surface area contributed by atoms with E-state index >= 15 is 0 Å². The molecule has 6 nitrogen and oxygen atoms in total. The molecule has 2 aromatic carbocycles. The molecular formula is C21H21ClN4O2. The number of carbonyl (C=O) groups is 1. The van der Waals surface area contributed by atoms with Gasteiger partial charge in [-0.05, 0) is 36.6 Å². The predicted octanol–water partition coefficient (Wildman–Crippen LogP) is 5.01. The van der Waals surface area contributed by atoms with Gasteiger partial charge in [-0.3, -0.25) is 4.79 Å². The van der Waals surface area contributed by atoms with Crippen LogP contribution in [0.5, 0.6) is 5.75 Å². The number of ether oxygens (including phenoxy) is 1. The molecule has 0 aliphatic rings. The second-order valence-corrected chi connectivity index (χ2v) is 6.59. The molecule has 0 saturated heterocycles. The van der Waals surface area contributed by atoms with Gasteiger partial charge in [0.25, 0.3) is 5.91 Å². The fourth-order valence-electron chi connectivity index (χ4n) is 2.71. The third-order valence-electron chi connectivity index (χ3n) is 4.29. The Morgan fingerprint density at radius 1 is 1.14 bits per heavy atom. The number of carbonyl (C=O) groups excluding carboxylic acids is 1. The van der Waals surface area contributed by atoms with Crippen LogP contribution < -0.4 is 15.4 Å². The summed E-state index contributed by atoms with van der Waals surface area (Å²) in [5, 5.41) is 6.61. The second kappa shape index (κ2) is 8.71. The molecule has 1 heterocycles. The minimum atomic E-state index is -0.257. The average molecular weight is 397 g/mol. The first-order chi connectivity index (χ1) is 13.5. The minimum absolute atomic E-state index is 0.257. The zero-order valence-electron chi connectivity index (χ0n) is 15.9. The lowest BCUT2D eigenvalue weighted by atomic mass is 10.1. The van der Waals surface area contributed by atoms with Gasteiger partial charge in [-0.1, -0.05) is 36.7 Å². The zero-order chi connectivity index (χ0) is 20.1. The Labute approximate surface area is 168 Å². The Bertz CT molecular complexity index is 990. The monoisotopic (exact) mass is 396 g/mol. The van der Waals surface area contributed by atoms with Crippen LogP contribution in [0.1, 0.15) is 28.4 Å². The molecular weight excluding hydrogens is 376 g/mol. The molecule has 0 radical (unpaired) electrons. The van der Waals surface area contributed by atoms with Gasteiger partial charge in [-0.25, -0.2) is 9.97 Å². The molecule has 1 amide bonds. The van der Waals surface area contributed by atoms with Gasteiger partial charge in [0.2, 0.25) is 5.95 Å². The van der Waals surface area contributed by atoms with E-state index in [-0.39, 0.29) is 5.91 Å². The van der Waals surface area contributed by atoms with Crippen LogP contribution in [0.15, 0.2) is 48.8 Å². The molecule has 28 heavy (non-hydrogen) atoms. The summed E-state index contributed by atoms with van der Waals surface area (Å²) in [6, 6.07) is 11.3. The van der Waals surface area contributed by atoms with E-state index in [9.17, 15) is 4.79 Å². The van der Waals surface area contributed by atoms with E-state index in [4.69, 9.17) is 16.3 Å². The van der Waals surface area contributed by atoms with E-state index in [1.165, 1.54) is 12.4 Å². The zero-order valence-corrected chi connectivity index (χ0v) is 16.7. The number of rotatable bonds is 6. The number of aromatic nitrogens is 2. The van der Waals surface area contributed by atoms with E-state index in [0.717, 1.165) is 23.2 Å². The van der Waals surface area contributed by atoms with Crippen LogP contribution in [0.25, 0.3) is 0 Å². The van der Waals surface area contributed by atoms with Crippen molar-refractivity contribution in [2.45, 2.75) is 20.3 Å². The summed E-state index contributed by atoms with van der Waals surface area (Å²) in [6.07, 6.45) is 3.79. The van der Waals surface area contributed by atoms with Crippen LogP contribution >= 0.6 is 11.6 Å². The van der Waals surface area contributed by atoms with Crippen molar-refractivity contribution < 1.29 is 9.53 Å². The number of methoxy groups -OCH3 is 1. The first-order valence-corrected chi connectivity index (χ1v) is 9.22. The van der Waals surface area contributed by atoms with Crippen LogP contribution in [0.3, 0.4) is 0 Å². The molecule has 1 aromatic heterocycles. The molecule has 3 aromatic rings. The number of para-hydroxylation sites is 1. The van der Waals surface area contributed by atoms with Gasteiger partial charge in [0.05, 0.1) is 18.4 Å². The van der Waals surface area contributed by atoms with Crippen molar-refractivity contribution in [2.75, 3.05) is 17.7 Å². The first-order valence-electron chi connectivity index (χ1n) is 8.84. The van der Waals surface area contributed by atoms with Crippen molar-refractivity contribution in [3.8, 4) is 5.75 Å². The maximum atomic E-state index is 12.5. The number of nitrogens with zero attached hydrogens (tertiary/aromatic N) is 2. The van der Waals surface area contributed by atoms with E-state index in [2.05, 4.69) is 20.6 Å². The molecule has 0 spiro atoms. The van der Waals surface area contributed by atoms with Crippen LogP contribution in [0, 0.1) is 6.92 Å². The molecule has 0 fully saturated rings. The van der Waals surface area contributed by atoms with E-state index in [1.807, 2.05) is 44.2 Å². The van der Waals surface area contributed by atoms with Crippen molar-refractivity contribution >= 4 is 34.8 Å². The standard InChI is InChI=1S/C21H21ClN4O2/c1-4-14-7-5-6-8-17(14)25-20(27)15-11-23-21(24-12-15)26-18-9-13(2)16(22)10-19(18)28-3/h5-12H,4H2,1-3H3,(H,25,27)(H,23,24,26). The summed E-state index contributed by atoms with van der Waals surface area (Å²) in [4.78, 5) is 21.0. The van der Waals surface area contributed by atoms with Crippen LogP contribution in [0.4, 0.5) is 17.3 Å². The van der Waals surface area contributed by atoms with Gasteiger partial charge in [-0.2, -0.15) is 0 Å². The average Bonchev–Trinajstić information content (AvgIpc) is 2.71. The summed E-state index contributed by atoms with van der Waals surface area (Å²) in [5.41, 5.74) is 3.82.